The fourth-order valence-electron chi connectivity index (χ4n) is 9.93. The first-order valence-corrected chi connectivity index (χ1v) is 39.2. The van der Waals surface area contributed by atoms with Crippen molar-refractivity contribution >= 4 is 33.6 Å². The largest absolute Gasteiger partial charge is 0.472 e. The van der Waals surface area contributed by atoms with Crippen molar-refractivity contribution in [3.8, 4) is 0 Å². The first-order chi connectivity index (χ1) is 44.2. The molecule has 18 heteroatoms. The minimum Gasteiger partial charge on any atom is -0.463 e. The van der Waals surface area contributed by atoms with E-state index in [2.05, 4.69) is 93.7 Å². The Morgan fingerprint density at radius 1 is 0.319 bits per heavy atom. The van der Waals surface area contributed by atoms with Crippen LogP contribution in [0.1, 0.15) is 316 Å². The number of rotatable bonds is 69. The smallest absolute Gasteiger partial charge is 0.463 e. The molecule has 0 aliphatic rings. The molecule has 0 saturated carbocycles. The summed E-state index contributed by atoms with van der Waals surface area (Å²) < 4.78 is 60.9. The average Bonchev–Trinajstić information content (AvgIpc) is 3.70. The summed E-state index contributed by atoms with van der Waals surface area (Å²) in [6, 6.07) is 0. The van der Waals surface area contributed by atoms with Gasteiger partial charge in [0.1, 0.15) is 25.4 Å². The van der Waals surface area contributed by atoms with Crippen LogP contribution in [0.25, 0.3) is 0 Å². The minimum absolute atomic E-state index is 0.112. The van der Waals surface area contributed by atoms with Gasteiger partial charge in [0.15, 0.2) is 6.10 Å². The van der Waals surface area contributed by atoms with Crippen LogP contribution < -0.4 is 0 Å². The lowest BCUT2D eigenvalue weighted by molar-refractivity contribution is -0.161. The van der Waals surface area contributed by atoms with Crippen molar-refractivity contribution in [1.29, 1.82) is 0 Å². The highest BCUT2D eigenvalue weighted by molar-refractivity contribution is 7.47. The van der Waals surface area contributed by atoms with E-state index in [0.717, 1.165) is 116 Å². The average molecular weight is 1330 g/mol. The fraction of sp³-hybridized carbons (Fsp3) is 0.795. The Morgan fingerprint density at radius 3 is 0.923 bits per heavy atom. The Morgan fingerprint density at radius 2 is 0.582 bits per heavy atom. The molecule has 0 fully saturated rings. The zero-order valence-corrected chi connectivity index (χ0v) is 59.3. The van der Waals surface area contributed by atoms with Gasteiger partial charge in [-0.15, -0.1) is 0 Å². The number of aliphatic hydroxyl groups excluding tert-OH is 2. The SMILES string of the molecule is CC/C=C\C/C=C\C/C=C\C/C=C\C/C=C\C/C=C\CCCCCCCCCCC(=O)OCC(O)COP(=O)(O)OCC(O)COP(=O)(O)OCC(COC(=O)CCCCCCCCCCCCCCCCC)OC(=O)CCCCCCCCCCCCCCC. The number of hydrogen-bond donors (Lipinski definition) is 4. The molecule has 0 aromatic carbocycles. The van der Waals surface area contributed by atoms with E-state index in [0.29, 0.717) is 19.3 Å². The summed E-state index contributed by atoms with van der Waals surface area (Å²) >= 11 is 0. The van der Waals surface area contributed by atoms with Gasteiger partial charge in [0.25, 0.3) is 0 Å². The number of hydrogen-bond acceptors (Lipinski definition) is 14. The summed E-state index contributed by atoms with van der Waals surface area (Å²) in [4.78, 5) is 58.4. The van der Waals surface area contributed by atoms with Crippen molar-refractivity contribution in [2.24, 2.45) is 0 Å². The van der Waals surface area contributed by atoms with Crippen molar-refractivity contribution in [3.63, 3.8) is 0 Å². The third kappa shape index (κ3) is 68.2. The van der Waals surface area contributed by atoms with Crippen molar-refractivity contribution in [2.45, 2.75) is 334 Å². The molecule has 0 aliphatic carbocycles. The fourth-order valence-corrected chi connectivity index (χ4v) is 11.5. The van der Waals surface area contributed by atoms with E-state index in [1.165, 1.54) is 141 Å². The third-order valence-electron chi connectivity index (χ3n) is 15.4. The molecule has 0 spiro atoms. The molecule has 530 valence electrons. The second-order valence-electron chi connectivity index (χ2n) is 24.4. The molecule has 0 aliphatic heterocycles. The van der Waals surface area contributed by atoms with E-state index in [9.17, 15) is 43.5 Å². The summed E-state index contributed by atoms with van der Waals surface area (Å²) in [6.45, 7) is 2.59. The number of esters is 3. The van der Waals surface area contributed by atoms with Crippen molar-refractivity contribution in [1.82, 2.24) is 0 Å². The number of aliphatic hydroxyl groups is 2. The van der Waals surface area contributed by atoms with Crippen molar-refractivity contribution in [2.75, 3.05) is 39.6 Å². The standard InChI is InChI=1S/C73H132O16P2/c1-4-7-10-13-16-19-22-25-27-28-29-30-31-32-33-34-35-36-37-38-40-43-44-47-50-53-56-59-71(76)83-62-68(74)63-85-90(79,80)86-64-69(75)65-87-91(81,82)88-67-70(89-73(78)61-58-55-52-49-46-41-24-21-18-15-12-9-6-3)66-84-72(77)60-57-54-51-48-45-42-39-26-23-20-17-14-11-8-5-2/h7,10,16,19,25,27,29-30,32-33,35-36,68-70,74-75H,4-6,8-9,11-15,17-18,20-24,26,28,31,34,37-67H2,1-3H3,(H,79,80)(H,81,82)/b10-7-,19-16-,27-25-,30-29-,33-32-,36-35-. The van der Waals surface area contributed by atoms with Gasteiger partial charge in [-0.3, -0.25) is 32.5 Å². The van der Waals surface area contributed by atoms with E-state index >= 15 is 0 Å². The molecule has 0 rings (SSSR count). The molecule has 16 nitrogen and oxygen atoms in total. The number of carbonyl (C=O) groups excluding carboxylic acids is 3. The summed E-state index contributed by atoms with van der Waals surface area (Å²) in [5.41, 5.74) is 0. The molecular formula is C73H132O16P2. The topological polar surface area (TPSA) is 231 Å². The Bertz CT molecular complexity index is 1950. The molecule has 0 radical (unpaired) electrons. The molecule has 91 heavy (non-hydrogen) atoms. The summed E-state index contributed by atoms with van der Waals surface area (Å²) in [5.74, 6) is -1.56. The minimum atomic E-state index is -4.91. The second kappa shape index (κ2) is 67.0. The molecule has 0 aromatic heterocycles. The predicted molar refractivity (Wildman–Crippen MR) is 372 cm³/mol. The Kier molecular flexibility index (Phi) is 64.8. The van der Waals surface area contributed by atoms with E-state index in [-0.39, 0.29) is 19.3 Å². The molecular weight excluding hydrogens is 1190 g/mol. The zero-order valence-electron chi connectivity index (χ0n) is 57.5. The van der Waals surface area contributed by atoms with Gasteiger partial charge in [-0.25, -0.2) is 9.13 Å². The highest BCUT2D eigenvalue weighted by Crippen LogP contribution is 2.45. The van der Waals surface area contributed by atoms with Gasteiger partial charge in [0, 0.05) is 19.3 Å². The molecule has 0 aromatic rings. The summed E-state index contributed by atoms with van der Waals surface area (Å²) in [6.07, 6.45) is 70.9. The van der Waals surface area contributed by atoms with Crippen LogP contribution in [0.3, 0.4) is 0 Å². The summed E-state index contributed by atoms with van der Waals surface area (Å²) in [5, 5.41) is 20.6. The monoisotopic (exact) mass is 1330 g/mol. The maximum absolute atomic E-state index is 12.9. The molecule has 5 atom stereocenters. The quantitative estimate of drug-likeness (QED) is 0.0146. The molecule has 0 amide bonds. The first kappa shape index (κ1) is 88.0. The van der Waals surface area contributed by atoms with Crippen LogP contribution in [-0.2, 0) is 55.8 Å². The molecule has 0 heterocycles. The van der Waals surface area contributed by atoms with E-state index in [1.807, 2.05) is 0 Å². The maximum atomic E-state index is 12.9. The molecule has 4 N–H and O–H groups in total. The van der Waals surface area contributed by atoms with Crippen LogP contribution in [0.15, 0.2) is 72.9 Å². The van der Waals surface area contributed by atoms with E-state index < -0.39 is 91.5 Å². The number of unbranched alkanes of at least 4 members (excludes halogenated alkanes) is 34. The van der Waals surface area contributed by atoms with Crippen LogP contribution in [0.2, 0.25) is 0 Å². The Hall–Kier alpha value is -3.01. The second-order valence-corrected chi connectivity index (χ2v) is 27.3. The number of carbonyl (C=O) groups is 3. The highest BCUT2D eigenvalue weighted by atomic mass is 31.2. The van der Waals surface area contributed by atoms with Crippen LogP contribution in [0.5, 0.6) is 0 Å². The van der Waals surface area contributed by atoms with Crippen LogP contribution in [-0.4, -0.2) is 95.9 Å². The van der Waals surface area contributed by atoms with Crippen molar-refractivity contribution < 1.29 is 75.8 Å². The van der Waals surface area contributed by atoms with Gasteiger partial charge in [-0.2, -0.15) is 0 Å². The van der Waals surface area contributed by atoms with Gasteiger partial charge in [0.05, 0.1) is 26.4 Å². The summed E-state index contributed by atoms with van der Waals surface area (Å²) in [7, 11) is -9.76. The lowest BCUT2D eigenvalue weighted by Gasteiger charge is -2.21. The lowest BCUT2D eigenvalue weighted by atomic mass is 10.0. The number of phosphoric ester groups is 2. The normalized spacial score (nSPS) is 14.6. The van der Waals surface area contributed by atoms with E-state index in [4.69, 9.17) is 32.3 Å². The van der Waals surface area contributed by atoms with Gasteiger partial charge >= 0.3 is 33.6 Å². The maximum Gasteiger partial charge on any atom is 0.472 e. The number of allylic oxidation sites excluding steroid dienone is 12. The van der Waals surface area contributed by atoms with Crippen LogP contribution in [0.4, 0.5) is 0 Å². The van der Waals surface area contributed by atoms with Gasteiger partial charge in [0.2, 0.25) is 0 Å². The lowest BCUT2D eigenvalue weighted by Crippen LogP contribution is -2.30. The third-order valence-corrected chi connectivity index (χ3v) is 17.3. The highest BCUT2D eigenvalue weighted by Gasteiger charge is 2.29. The number of ether oxygens (including phenoxy) is 3. The zero-order chi connectivity index (χ0) is 66.7. The number of phosphoric acid groups is 2. The van der Waals surface area contributed by atoms with Crippen molar-refractivity contribution in [3.05, 3.63) is 72.9 Å². The first-order valence-electron chi connectivity index (χ1n) is 36.2. The molecule has 5 unspecified atom stereocenters. The van der Waals surface area contributed by atoms with Gasteiger partial charge in [-0.05, 0) is 70.6 Å². The predicted octanol–water partition coefficient (Wildman–Crippen LogP) is 20.3. The molecule has 0 bridgehead atoms. The Labute approximate surface area is 553 Å². The van der Waals surface area contributed by atoms with Gasteiger partial charge in [-0.1, -0.05) is 299 Å². The van der Waals surface area contributed by atoms with Crippen LogP contribution in [0, 0.1) is 0 Å². The Balaban J connectivity index is 4.48. The molecule has 0 saturated heterocycles. The van der Waals surface area contributed by atoms with E-state index in [1.54, 1.807) is 0 Å². The van der Waals surface area contributed by atoms with Gasteiger partial charge < -0.3 is 34.2 Å². The van der Waals surface area contributed by atoms with Crippen LogP contribution >= 0.6 is 15.6 Å².